The van der Waals surface area contributed by atoms with Crippen LogP contribution in [0.4, 0.5) is 10.1 Å². The van der Waals surface area contributed by atoms with Gasteiger partial charge in [-0.2, -0.15) is 0 Å². The van der Waals surface area contributed by atoms with Crippen LogP contribution in [0.3, 0.4) is 0 Å². The molecule has 0 atom stereocenters. The first-order valence-corrected chi connectivity index (χ1v) is 13.7. The van der Waals surface area contributed by atoms with E-state index in [2.05, 4.69) is 31.3 Å². The second-order valence-electron chi connectivity index (χ2n) is 10.8. The Bertz CT molecular complexity index is 1270. The monoisotopic (exact) mass is 546 g/mol. The van der Waals surface area contributed by atoms with E-state index in [0.717, 1.165) is 35.2 Å². The quantitative estimate of drug-likeness (QED) is 0.292. The average molecular weight is 547 g/mol. The van der Waals surface area contributed by atoms with Crippen molar-refractivity contribution in [3.8, 4) is 11.1 Å². The first-order valence-electron chi connectivity index (χ1n) is 13.7. The number of likely N-dealkylation sites (N-methyl/N-ethyl adjacent to an activating group) is 1. The molecule has 0 aliphatic carbocycles. The third-order valence-electron chi connectivity index (χ3n) is 7.27. The lowest BCUT2D eigenvalue weighted by atomic mass is 10.0. The zero-order chi connectivity index (χ0) is 27.9. The molecule has 3 aromatic carbocycles. The molecule has 1 N–H and O–H groups in total. The number of fused-ring (bicyclic) bond motifs is 1. The minimum absolute atomic E-state index is 0. The highest BCUT2D eigenvalue weighted by molar-refractivity contribution is 5.87. The van der Waals surface area contributed by atoms with Crippen LogP contribution in [0.15, 0.2) is 66.7 Å². The van der Waals surface area contributed by atoms with Crippen molar-refractivity contribution < 1.29 is 14.0 Å². The van der Waals surface area contributed by atoms with Gasteiger partial charge in [0.1, 0.15) is 5.82 Å². The maximum absolute atomic E-state index is 13.5. The first-order chi connectivity index (χ1) is 18.7. The molecule has 0 spiro atoms. The number of nitrogens with one attached hydrogen (secondary N) is 1. The zero-order valence-electron chi connectivity index (χ0n) is 23.4. The molecule has 40 heavy (non-hydrogen) atoms. The van der Waals surface area contributed by atoms with Crippen molar-refractivity contribution in [3.05, 3.63) is 89.2 Å². The molecule has 6 nitrogen and oxygen atoms in total. The van der Waals surface area contributed by atoms with Gasteiger partial charge in [0.2, 0.25) is 5.91 Å². The van der Waals surface area contributed by atoms with E-state index in [1.807, 2.05) is 47.2 Å². The van der Waals surface area contributed by atoms with Crippen LogP contribution < -0.4 is 10.2 Å². The lowest BCUT2D eigenvalue weighted by Gasteiger charge is -2.32. The smallest absolute Gasteiger partial charge is 0.256 e. The van der Waals surface area contributed by atoms with Crippen LogP contribution in [0.5, 0.6) is 0 Å². The van der Waals surface area contributed by atoms with Gasteiger partial charge in [0, 0.05) is 32.4 Å². The summed E-state index contributed by atoms with van der Waals surface area (Å²) in [5, 5.41) is 6.72. The SMILES string of the molecule is C.Cc1cc(-c2ccc(F)cc2)ccc1N(CC(=O)NCCCC(C)C)CC(=O)N(C)N1Cc2ccccc2C1. The predicted molar refractivity (Wildman–Crippen MR) is 161 cm³/mol. The van der Waals surface area contributed by atoms with E-state index in [0.29, 0.717) is 25.6 Å². The van der Waals surface area contributed by atoms with Crippen molar-refractivity contribution >= 4 is 17.5 Å². The van der Waals surface area contributed by atoms with Crippen LogP contribution in [0, 0.1) is 18.7 Å². The Balaban J connectivity index is 0.00000441. The lowest BCUT2D eigenvalue weighted by Crippen LogP contribution is -2.48. The van der Waals surface area contributed by atoms with Gasteiger partial charge in [0.15, 0.2) is 0 Å². The summed E-state index contributed by atoms with van der Waals surface area (Å²) < 4.78 is 13.4. The first kappa shape index (κ1) is 30.8. The Morgan fingerprint density at radius 2 is 1.57 bits per heavy atom. The average Bonchev–Trinajstić information content (AvgIpc) is 3.35. The zero-order valence-corrected chi connectivity index (χ0v) is 23.4. The maximum Gasteiger partial charge on any atom is 0.256 e. The van der Waals surface area contributed by atoms with Crippen molar-refractivity contribution in [1.29, 1.82) is 0 Å². The number of aryl methyl sites for hydroxylation is 1. The second-order valence-corrected chi connectivity index (χ2v) is 10.8. The molecule has 1 aliphatic rings. The highest BCUT2D eigenvalue weighted by Crippen LogP contribution is 2.28. The van der Waals surface area contributed by atoms with Crippen molar-refractivity contribution in [2.45, 2.75) is 54.1 Å². The number of hydrazine groups is 1. The Morgan fingerprint density at radius 1 is 0.950 bits per heavy atom. The molecule has 0 fully saturated rings. The van der Waals surface area contributed by atoms with E-state index >= 15 is 0 Å². The van der Waals surface area contributed by atoms with Gasteiger partial charge in [-0.15, -0.1) is 0 Å². The number of carbonyl (C=O) groups is 2. The van der Waals surface area contributed by atoms with E-state index in [4.69, 9.17) is 0 Å². The van der Waals surface area contributed by atoms with Crippen LogP contribution in [-0.4, -0.2) is 48.5 Å². The lowest BCUT2D eigenvalue weighted by molar-refractivity contribution is -0.145. The summed E-state index contributed by atoms with van der Waals surface area (Å²) in [5.74, 6) is 0.120. The van der Waals surface area contributed by atoms with E-state index in [9.17, 15) is 14.0 Å². The summed E-state index contributed by atoms with van der Waals surface area (Å²) in [6, 6.07) is 20.5. The van der Waals surface area contributed by atoms with Crippen LogP contribution >= 0.6 is 0 Å². The van der Waals surface area contributed by atoms with Gasteiger partial charge in [-0.1, -0.05) is 63.7 Å². The largest absolute Gasteiger partial charge is 0.355 e. The van der Waals surface area contributed by atoms with Crippen molar-refractivity contribution in [3.63, 3.8) is 0 Å². The minimum atomic E-state index is -0.276. The molecule has 0 bridgehead atoms. The number of hydrogen-bond acceptors (Lipinski definition) is 4. The van der Waals surface area contributed by atoms with E-state index in [1.165, 1.54) is 23.3 Å². The number of amides is 2. The molecule has 2 amide bonds. The van der Waals surface area contributed by atoms with Crippen LogP contribution in [0.2, 0.25) is 0 Å². The summed E-state index contributed by atoms with van der Waals surface area (Å²) in [7, 11) is 1.79. The molecular formula is C33H43FN4O2. The van der Waals surface area contributed by atoms with Crippen molar-refractivity contribution in [2.24, 2.45) is 5.92 Å². The Morgan fingerprint density at radius 3 is 2.17 bits per heavy atom. The maximum atomic E-state index is 13.5. The van der Waals surface area contributed by atoms with Crippen molar-refractivity contribution in [1.82, 2.24) is 15.3 Å². The fourth-order valence-electron chi connectivity index (χ4n) is 4.98. The molecule has 0 saturated heterocycles. The minimum Gasteiger partial charge on any atom is -0.355 e. The molecule has 0 unspecified atom stereocenters. The second kappa shape index (κ2) is 14.1. The molecule has 214 valence electrons. The third-order valence-corrected chi connectivity index (χ3v) is 7.27. The molecule has 3 aromatic rings. The van der Waals surface area contributed by atoms with Gasteiger partial charge >= 0.3 is 0 Å². The Labute approximate surface area is 238 Å². The Hall–Kier alpha value is -3.71. The number of hydrogen-bond donors (Lipinski definition) is 1. The number of halogens is 1. The highest BCUT2D eigenvalue weighted by Gasteiger charge is 2.27. The summed E-state index contributed by atoms with van der Waals surface area (Å²) >= 11 is 0. The van der Waals surface area contributed by atoms with Gasteiger partial charge in [0.05, 0.1) is 13.1 Å². The molecule has 1 aliphatic heterocycles. The van der Waals surface area contributed by atoms with Gasteiger partial charge in [-0.25, -0.2) is 9.40 Å². The summed E-state index contributed by atoms with van der Waals surface area (Å²) in [5.41, 5.74) is 6.07. The number of carbonyl (C=O) groups excluding carboxylic acids is 2. The number of nitrogens with zero attached hydrogens (tertiary/aromatic N) is 3. The predicted octanol–water partition coefficient (Wildman–Crippen LogP) is 6.19. The van der Waals surface area contributed by atoms with Gasteiger partial charge in [-0.05, 0) is 77.8 Å². The standard InChI is InChI=1S/C32H39FN4O2.CH4/c1-23(2)8-7-17-34-31(38)21-36(22-32(39)35(4)37-19-27-9-5-6-10-28(27)20-37)30-16-13-26(18-24(30)3)25-11-14-29(33)15-12-25;/h5-6,9-16,18,23H,7-8,17,19-22H2,1-4H3,(H,34,38);1H4. The summed E-state index contributed by atoms with van der Waals surface area (Å²) in [6.07, 6.45) is 1.97. The molecule has 4 rings (SSSR count). The summed E-state index contributed by atoms with van der Waals surface area (Å²) in [4.78, 5) is 28.3. The highest BCUT2D eigenvalue weighted by atomic mass is 19.1. The fraction of sp³-hybridized carbons (Fsp3) is 0.394. The Kier molecular flexibility index (Phi) is 10.8. The van der Waals surface area contributed by atoms with Crippen LogP contribution in [-0.2, 0) is 22.7 Å². The normalized spacial score (nSPS) is 12.6. The number of benzene rings is 3. The fourth-order valence-corrected chi connectivity index (χ4v) is 4.98. The molecule has 7 heteroatoms. The van der Waals surface area contributed by atoms with E-state index < -0.39 is 0 Å². The molecular weight excluding hydrogens is 503 g/mol. The van der Waals surface area contributed by atoms with E-state index in [-0.39, 0.29) is 38.1 Å². The molecule has 0 aromatic heterocycles. The number of anilines is 1. The van der Waals surface area contributed by atoms with E-state index in [1.54, 1.807) is 24.2 Å². The van der Waals surface area contributed by atoms with Crippen LogP contribution in [0.1, 0.15) is 50.8 Å². The van der Waals surface area contributed by atoms with Crippen molar-refractivity contribution in [2.75, 3.05) is 31.6 Å². The topological polar surface area (TPSA) is 55.9 Å². The van der Waals surface area contributed by atoms with Gasteiger partial charge < -0.3 is 10.2 Å². The molecule has 0 radical (unpaired) electrons. The van der Waals surface area contributed by atoms with Gasteiger partial charge in [0.25, 0.3) is 5.91 Å². The summed E-state index contributed by atoms with van der Waals surface area (Å²) in [6.45, 7) is 8.44. The molecule has 1 heterocycles. The van der Waals surface area contributed by atoms with Crippen LogP contribution in [0.25, 0.3) is 11.1 Å². The third kappa shape index (κ3) is 7.92. The molecule has 0 saturated carbocycles. The number of rotatable bonds is 11. The van der Waals surface area contributed by atoms with Gasteiger partial charge in [-0.3, -0.25) is 14.6 Å².